The summed E-state index contributed by atoms with van der Waals surface area (Å²) in [5, 5.41) is 32.0. The smallest absolute Gasteiger partial charge is 0.340 e. The van der Waals surface area contributed by atoms with Gasteiger partial charge in [-0.1, -0.05) is 6.07 Å². The number of aromatic hydroxyl groups is 2. The van der Waals surface area contributed by atoms with Gasteiger partial charge in [-0.2, -0.15) is 0 Å². The summed E-state index contributed by atoms with van der Waals surface area (Å²) in [6.45, 7) is 0.422. The van der Waals surface area contributed by atoms with E-state index >= 15 is 0 Å². The summed E-state index contributed by atoms with van der Waals surface area (Å²) in [5.41, 5.74) is 5.60. The molecule has 1 unspecified atom stereocenters. The Labute approximate surface area is 211 Å². The summed E-state index contributed by atoms with van der Waals surface area (Å²) >= 11 is 0. The lowest BCUT2D eigenvalue weighted by Gasteiger charge is -2.36. The van der Waals surface area contributed by atoms with Crippen LogP contribution in [0.1, 0.15) is 56.7 Å². The topological polar surface area (TPSA) is 168 Å². The highest BCUT2D eigenvalue weighted by Gasteiger charge is 2.53. The highest BCUT2D eigenvalue weighted by Crippen LogP contribution is 2.57. The van der Waals surface area contributed by atoms with Crippen molar-refractivity contribution in [2.75, 3.05) is 6.54 Å². The number of nitrogens with one attached hydrogen (secondary N) is 1. The summed E-state index contributed by atoms with van der Waals surface area (Å²) in [6.07, 6.45) is 1.40. The van der Waals surface area contributed by atoms with Crippen LogP contribution in [0.3, 0.4) is 0 Å². The molecule has 190 valence electrons. The quantitative estimate of drug-likeness (QED) is 0.240. The largest absolute Gasteiger partial charge is 0.508 e. The highest BCUT2D eigenvalue weighted by atomic mass is 16.6. The summed E-state index contributed by atoms with van der Waals surface area (Å²) in [5.74, 6) is -2.14. The van der Waals surface area contributed by atoms with Crippen molar-refractivity contribution < 1.29 is 39.2 Å². The number of carbonyl (C=O) groups excluding carboxylic acids is 2. The van der Waals surface area contributed by atoms with Gasteiger partial charge in [0.1, 0.15) is 29.0 Å². The third kappa shape index (κ3) is 4.01. The van der Waals surface area contributed by atoms with E-state index in [-0.39, 0.29) is 40.5 Å². The van der Waals surface area contributed by atoms with Gasteiger partial charge in [0.25, 0.3) is 5.91 Å². The number of carbonyl (C=O) groups is 3. The lowest BCUT2D eigenvalue weighted by Crippen LogP contribution is -2.40. The normalized spacial score (nSPS) is 15.1. The van der Waals surface area contributed by atoms with Gasteiger partial charge in [0, 0.05) is 34.4 Å². The van der Waals surface area contributed by atoms with Gasteiger partial charge in [-0.25, -0.2) is 9.59 Å². The number of unbranched alkanes of at least 4 members (excludes halogenated alkanes) is 1. The molecule has 37 heavy (non-hydrogen) atoms. The van der Waals surface area contributed by atoms with Gasteiger partial charge in [-0.3, -0.25) is 4.79 Å². The zero-order valence-corrected chi connectivity index (χ0v) is 19.6. The number of ether oxygens (including phenoxy) is 2. The first-order valence-electron chi connectivity index (χ1n) is 11.7. The maximum atomic E-state index is 13.2. The molecule has 10 heteroatoms. The second-order valence-corrected chi connectivity index (χ2v) is 8.94. The molecule has 3 aromatic carbocycles. The van der Waals surface area contributed by atoms with Gasteiger partial charge in [0.2, 0.25) is 0 Å². The van der Waals surface area contributed by atoms with Crippen LogP contribution in [0.25, 0.3) is 0 Å². The molecule has 2 aliphatic heterocycles. The van der Waals surface area contributed by atoms with Crippen LogP contribution < -0.4 is 15.8 Å². The third-order valence-electron chi connectivity index (χ3n) is 6.59. The number of benzene rings is 3. The first-order chi connectivity index (χ1) is 17.7. The molecule has 3 aromatic rings. The number of phenols is 2. The lowest BCUT2D eigenvalue weighted by molar-refractivity contribution is -0.139. The molecular formula is C27H24N2O8. The monoisotopic (exact) mass is 504 g/mol. The van der Waals surface area contributed by atoms with Gasteiger partial charge in [0.15, 0.2) is 5.60 Å². The zero-order chi connectivity index (χ0) is 26.3. The number of rotatable bonds is 7. The zero-order valence-electron chi connectivity index (χ0n) is 19.6. The van der Waals surface area contributed by atoms with E-state index in [0.29, 0.717) is 36.1 Å². The molecule has 0 saturated carbocycles. The maximum absolute atomic E-state index is 13.2. The van der Waals surface area contributed by atoms with Gasteiger partial charge in [0.05, 0.1) is 5.56 Å². The number of carboxylic acids is 1. The number of phenolic OH excluding ortho intramolecular Hbond substituents is 2. The van der Waals surface area contributed by atoms with Crippen molar-refractivity contribution in [3.05, 3.63) is 82.4 Å². The number of fused-ring (bicyclic) bond motifs is 6. The van der Waals surface area contributed by atoms with Crippen LogP contribution >= 0.6 is 0 Å². The molecule has 2 aliphatic rings. The van der Waals surface area contributed by atoms with Crippen molar-refractivity contribution in [3.8, 4) is 23.0 Å². The lowest BCUT2D eigenvalue weighted by atomic mass is 9.77. The van der Waals surface area contributed by atoms with E-state index in [0.717, 1.165) is 0 Å². The number of nitrogens with two attached hydrogens (primary N) is 1. The minimum Gasteiger partial charge on any atom is -0.508 e. The number of aliphatic carboxylic acids is 1. The van der Waals surface area contributed by atoms with Crippen LogP contribution in [-0.4, -0.2) is 45.8 Å². The molecule has 6 N–H and O–H groups in total. The molecule has 10 nitrogen and oxygen atoms in total. The third-order valence-corrected chi connectivity index (χ3v) is 6.59. The maximum Gasteiger partial charge on any atom is 0.340 e. The fourth-order valence-corrected chi connectivity index (χ4v) is 4.84. The minimum atomic E-state index is -1.45. The fraction of sp³-hybridized carbons (Fsp3) is 0.222. The summed E-state index contributed by atoms with van der Waals surface area (Å²) in [6, 6.07) is 12.2. The van der Waals surface area contributed by atoms with Crippen LogP contribution in [-0.2, 0) is 15.1 Å². The van der Waals surface area contributed by atoms with E-state index in [2.05, 4.69) is 5.32 Å². The Hall–Kier alpha value is -4.57. The number of carboxylic acid groups (broad SMARTS) is 1. The van der Waals surface area contributed by atoms with E-state index in [1.54, 1.807) is 18.2 Å². The molecule has 1 amide bonds. The van der Waals surface area contributed by atoms with Crippen LogP contribution in [0.2, 0.25) is 0 Å². The Bertz CT molecular complexity index is 1380. The molecule has 0 saturated heterocycles. The average Bonchev–Trinajstić information content (AvgIpc) is 3.15. The molecule has 0 aliphatic carbocycles. The van der Waals surface area contributed by atoms with E-state index in [9.17, 15) is 29.7 Å². The minimum absolute atomic E-state index is 0.0616. The van der Waals surface area contributed by atoms with Crippen LogP contribution in [0.15, 0.2) is 54.6 Å². The summed E-state index contributed by atoms with van der Waals surface area (Å²) in [7, 11) is 0. The van der Waals surface area contributed by atoms with Crippen molar-refractivity contribution in [2.24, 2.45) is 5.73 Å². The first kappa shape index (κ1) is 24.1. The predicted molar refractivity (Wildman–Crippen MR) is 130 cm³/mol. The Morgan fingerprint density at radius 3 is 2.14 bits per heavy atom. The summed E-state index contributed by atoms with van der Waals surface area (Å²) < 4.78 is 11.9. The second-order valence-electron chi connectivity index (χ2n) is 8.94. The molecule has 0 bridgehead atoms. The molecular weight excluding hydrogens is 480 g/mol. The predicted octanol–water partition coefficient (Wildman–Crippen LogP) is 2.98. The van der Waals surface area contributed by atoms with Crippen molar-refractivity contribution in [1.29, 1.82) is 0 Å². The SMILES string of the molecule is NCCCCC(NC(=O)c1ccc2c(c1)C(=O)OC21c2ccc(O)cc2Oc2cc(O)ccc21)C(=O)O. The van der Waals surface area contributed by atoms with Gasteiger partial charge >= 0.3 is 11.9 Å². The van der Waals surface area contributed by atoms with Crippen molar-refractivity contribution in [3.63, 3.8) is 0 Å². The van der Waals surface area contributed by atoms with Crippen molar-refractivity contribution >= 4 is 17.8 Å². The van der Waals surface area contributed by atoms with Crippen LogP contribution in [0, 0.1) is 0 Å². The number of hydrogen-bond acceptors (Lipinski definition) is 8. The van der Waals surface area contributed by atoms with Crippen LogP contribution in [0.5, 0.6) is 23.0 Å². The number of amides is 1. The van der Waals surface area contributed by atoms with E-state index in [4.69, 9.17) is 15.2 Å². The Morgan fingerprint density at radius 1 is 0.919 bits per heavy atom. The Balaban J connectivity index is 1.56. The molecule has 1 atom stereocenters. The average molecular weight is 504 g/mol. The number of esters is 1. The molecule has 0 radical (unpaired) electrons. The van der Waals surface area contributed by atoms with Crippen molar-refractivity contribution in [1.82, 2.24) is 5.32 Å². The highest BCUT2D eigenvalue weighted by molar-refractivity contribution is 6.02. The van der Waals surface area contributed by atoms with Crippen molar-refractivity contribution in [2.45, 2.75) is 30.9 Å². The first-order valence-corrected chi connectivity index (χ1v) is 11.7. The van der Waals surface area contributed by atoms with E-state index in [1.165, 1.54) is 36.4 Å². The second kappa shape index (κ2) is 9.14. The Morgan fingerprint density at radius 2 is 1.54 bits per heavy atom. The number of hydrogen-bond donors (Lipinski definition) is 5. The van der Waals surface area contributed by atoms with E-state index in [1.807, 2.05) is 0 Å². The fourth-order valence-electron chi connectivity index (χ4n) is 4.84. The van der Waals surface area contributed by atoms with Gasteiger partial charge in [-0.05, 0) is 62.2 Å². The van der Waals surface area contributed by atoms with Gasteiger partial charge in [-0.15, -0.1) is 0 Å². The molecule has 0 fully saturated rings. The molecule has 5 rings (SSSR count). The Kier molecular flexibility index (Phi) is 5.96. The van der Waals surface area contributed by atoms with Gasteiger partial charge < -0.3 is 35.8 Å². The molecule has 0 aromatic heterocycles. The van der Waals surface area contributed by atoms with E-state index < -0.39 is 29.5 Å². The summed E-state index contributed by atoms with van der Waals surface area (Å²) in [4.78, 5) is 37.7. The molecule has 1 spiro atoms. The van der Waals surface area contributed by atoms with Crippen LogP contribution in [0.4, 0.5) is 0 Å². The molecule has 2 heterocycles. The standard InChI is InChI=1S/C27H24N2O8/c28-10-2-1-3-21(25(33)34)29-24(32)14-4-7-18-17(11-14)26(35)37-27(18)19-8-5-15(30)12-22(19)36-23-13-16(31)6-9-20(23)27/h4-9,11-13,21,30-31H,1-3,10,28H2,(H,29,32)(H,33,34).